The highest BCUT2D eigenvalue weighted by molar-refractivity contribution is 5.82. The molecule has 10 heteroatoms. The molecule has 0 spiro atoms. The molecular weight excluding hydrogens is 509 g/mol. The van der Waals surface area contributed by atoms with Crippen molar-refractivity contribution < 1.29 is 9.13 Å². The Balaban J connectivity index is 1.38. The number of rotatable bonds is 7. The second-order valence-corrected chi connectivity index (χ2v) is 10.0. The molecule has 1 fully saturated rings. The quantitative estimate of drug-likeness (QED) is 0.335. The maximum absolute atomic E-state index is 13.6. The second kappa shape index (κ2) is 10.9. The van der Waals surface area contributed by atoms with Crippen LogP contribution in [0, 0.1) is 12.7 Å². The van der Waals surface area contributed by atoms with Gasteiger partial charge in [-0.3, -0.25) is 9.69 Å². The number of aryl methyl sites for hydroxylation is 1. The van der Waals surface area contributed by atoms with E-state index in [1.807, 2.05) is 49.4 Å². The van der Waals surface area contributed by atoms with E-state index < -0.39 is 6.04 Å². The predicted molar refractivity (Wildman–Crippen MR) is 151 cm³/mol. The van der Waals surface area contributed by atoms with Crippen molar-refractivity contribution in [2.24, 2.45) is 0 Å². The number of nitrogens with one attached hydrogen (secondary N) is 1. The van der Waals surface area contributed by atoms with E-state index in [-0.39, 0.29) is 11.4 Å². The lowest BCUT2D eigenvalue weighted by molar-refractivity contribution is 0.200. The van der Waals surface area contributed by atoms with Gasteiger partial charge in [-0.1, -0.05) is 42.5 Å². The summed E-state index contributed by atoms with van der Waals surface area (Å²) in [7, 11) is 1.68. The number of tetrazole rings is 1. The standard InChI is InChI=1S/C30H30FN7O2/c1-20-6-5-7-22-18-24(30(39)32-27(20)22)28(29-33-34-35-38(29)19-21-10-12-23(31)13-11-21)37-16-14-36(15-17-37)25-8-3-4-9-26(25)40-2/h3-13,18,28H,14-17,19H2,1-2H3,(H,32,39). The van der Waals surface area contributed by atoms with Crippen LogP contribution in [0.1, 0.15) is 28.6 Å². The Kier molecular flexibility index (Phi) is 7.00. The van der Waals surface area contributed by atoms with Crippen LogP contribution in [-0.2, 0) is 6.54 Å². The SMILES string of the molecule is COc1ccccc1N1CCN(C(c2cc3cccc(C)c3[nH]c2=O)c2nnnn2Cc2ccc(F)cc2)CC1. The Morgan fingerprint density at radius 1 is 1.00 bits per heavy atom. The minimum Gasteiger partial charge on any atom is -0.495 e. The van der Waals surface area contributed by atoms with E-state index >= 15 is 0 Å². The van der Waals surface area contributed by atoms with Crippen molar-refractivity contribution in [3.05, 3.63) is 111 Å². The van der Waals surface area contributed by atoms with Gasteiger partial charge in [0.2, 0.25) is 0 Å². The number of nitrogens with zero attached hydrogens (tertiary/aromatic N) is 6. The average molecular weight is 540 g/mol. The molecule has 3 heterocycles. The number of methoxy groups -OCH3 is 1. The number of H-pyrrole nitrogens is 1. The van der Waals surface area contributed by atoms with Crippen LogP contribution in [0.2, 0.25) is 0 Å². The van der Waals surface area contributed by atoms with E-state index in [2.05, 4.69) is 36.4 Å². The van der Waals surface area contributed by atoms with Gasteiger partial charge in [0.05, 0.1) is 24.9 Å². The number of hydrogen-bond acceptors (Lipinski definition) is 7. The maximum Gasteiger partial charge on any atom is 0.253 e. The highest BCUT2D eigenvalue weighted by atomic mass is 19.1. The lowest BCUT2D eigenvalue weighted by Gasteiger charge is -2.40. The zero-order chi connectivity index (χ0) is 27.6. The summed E-state index contributed by atoms with van der Waals surface area (Å²) in [6, 6.07) is 21.7. The zero-order valence-electron chi connectivity index (χ0n) is 22.4. The van der Waals surface area contributed by atoms with Gasteiger partial charge >= 0.3 is 0 Å². The molecule has 1 unspecified atom stereocenters. The average Bonchev–Trinajstić information content (AvgIpc) is 3.43. The molecule has 6 rings (SSSR count). The third-order valence-corrected chi connectivity index (χ3v) is 7.57. The molecule has 1 atom stereocenters. The molecular formula is C30H30FN7O2. The number of halogens is 1. The van der Waals surface area contributed by atoms with Crippen LogP contribution in [0.5, 0.6) is 5.75 Å². The first-order valence-corrected chi connectivity index (χ1v) is 13.3. The number of pyridine rings is 1. The summed E-state index contributed by atoms with van der Waals surface area (Å²) in [4.78, 5) is 21.3. The van der Waals surface area contributed by atoms with Crippen molar-refractivity contribution in [2.45, 2.75) is 19.5 Å². The minimum absolute atomic E-state index is 0.171. The fraction of sp³-hybridized carbons (Fsp3) is 0.267. The highest BCUT2D eigenvalue weighted by Gasteiger charge is 2.33. The molecule has 0 amide bonds. The topological polar surface area (TPSA) is 92.2 Å². The Hall–Kier alpha value is -4.57. The van der Waals surface area contributed by atoms with E-state index in [4.69, 9.17) is 4.74 Å². The molecule has 0 saturated carbocycles. The summed E-state index contributed by atoms with van der Waals surface area (Å²) in [6.45, 7) is 5.16. The van der Waals surface area contributed by atoms with Gasteiger partial charge in [0, 0.05) is 31.7 Å². The van der Waals surface area contributed by atoms with Gasteiger partial charge in [0.25, 0.3) is 5.56 Å². The summed E-state index contributed by atoms with van der Waals surface area (Å²) < 4.78 is 20.8. The van der Waals surface area contributed by atoms with Gasteiger partial charge in [-0.25, -0.2) is 9.07 Å². The molecule has 204 valence electrons. The third-order valence-electron chi connectivity index (χ3n) is 7.57. The molecule has 1 saturated heterocycles. The van der Waals surface area contributed by atoms with Gasteiger partial charge in [-0.05, 0) is 64.2 Å². The highest BCUT2D eigenvalue weighted by Crippen LogP contribution is 2.32. The number of hydrogen-bond donors (Lipinski definition) is 1. The van der Waals surface area contributed by atoms with E-state index in [0.717, 1.165) is 46.6 Å². The molecule has 2 aromatic heterocycles. The molecule has 0 bridgehead atoms. The summed E-state index contributed by atoms with van der Waals surface area (Å²) in [5.74, 6) is 1.09. The molecule has 1 N–H and O–H groups in total. The maximum atomic E-state index is 13.6. The summed E-state index contributed by atoms with van der Waals surface area (Å²) >= 11 is 0. The number of anilines is 1. The van der Waals surface area contributed by atoms with Gasteiger partial charge in [0.1, 0.15) is 17.6 Å². The van der Waals surface area contributed by atoms with E-state index in [9.17, 15) is 9.18 Å². The molecule has 0 radical (unpaired) electrons. The number of ether oxygens (including phenoxy) is 1. The van der Waals surface area contributed by atoms with Crippen LogP contribution in [-0.4, -0.2) is 63.4 Å². The normalized spacial score (nSPS) is 14.9. The first-order valence-electron chi connectivity index (χ1n) is 13.3. The Morgan fingerprint density at radius 3 is 2.55 bits per heavy atom. The largest absolute Gasteiger partial charge is 0.495 e. The second-order valence-electron chi connectivity index (χ2n) is 10.0. The third kappa shape index (κ3) is 4.93. The van der Waals surface area contributed by atoms with Crippen LogP contribution < -0.4 is 15.2 Å². The lowest BCUT2D eigenvalue weighted by atomic mass is 10.0. The van der Waals surface area contributed by atoms with Crippen LogP contribution in [0.15, 0.2) is 77.6 Å². The van der Waals surface area contributed by atoms with Gasteiger partial charge in [-0.15, -0.1) is 5.10 Å². The van der Waals surface area contributed by atoms with Gasteiger partial charge in [-0.2, -0.15) is 0 Å². The van der Waals surface area contributed by atoms with Crippen molar-refractivity contribution in [1.82, 2.24) is 30.1 Å². The van der Waals surface area contributed by atoms with Crippen LogP contribution in [0.3, 0.4) is 0 Å². The monoisotopic (exact) mass is 539 g/mol. The molecule has 40 heavy (non-hydrogen) atoms. The fourth-order valence-corrected chi connectivity index (χ4v) is 5.50. The Bertz CT molecular complexity index is 1690. The Labute approximate surface area is 230 Å². The van der Waals surface area contributed by atoms with Crippen LogP contribution >= 0.6 is 0 Å². The summed E-state index contributed by atoms with van der Waals surface area (Å²) in [5.41, 5.74) is 4.14. The number of piperazine rings is 1. The minimum atomic E-state index is -0.482. The molecule has 5 aromatic rings. The first-order chi connectivity index (χ1) is 19.5. The molecule has 1 aliphatic rings. The van der Waals surface area contributed by atoms with Gasteiger partial charge < -0.3 is 14.6 Å². The number of aromatic nitrogens is 5. The van der Waals surface area contributed by atoms with E-state index in [0.29, 0.717) is 31.0 Å². The predicted octanol–water partition coefficient (Wildman–Crippen LogP) is 3.93. The van der Waals surface area contributed by atoms with Crippen molar-refractivity contribution in [3.63, 3.8) is 0 Å². The van der Waals surface area contributed by atoms with Crippen LogP contribution in [0.4, 0.5) is 10.1 Å². The van der Waals surface area contributed by atoms with Crippen molar-refractivity contribution in [1.29, 1.82) is 0 Å². The number of aromatic amines is 1. The van der Waals surface area contributed by atoms with E-state index in [1.165, 1.54) is 12.1 Å². The molecule has 0 aliphatic carbocycles. The van der Waals surface area contributed by atoms with Crippen LogP contribution in [0.25, 0.3) is 10.9 Å². The molecule has 9 nitrogen and oxygen atoms in total. The first kappa shape index (κ1) is 25.7. The smallest absolute Gasteiger partial charge is 0.253 e. The number of benzene rings is 3. The number of fused-ring (bicyclic) bond motifs is 1. The summed E-state index contributed by atoms with van der Waals surface area (Å²) in [6.07, 6.45) is 0. The number of para-hydroxylation sites is 3. The summed E-state index contributed by atoms with van der Waals surface area (Å²) in [5, 5.41) is 13.6. The lowest BCUT2D eigenvalue weighted by Crippen LogP contribution is -2.49. The fourth-order valence-electron chi connectivity index (χ4n) is 5.50. The van der Waals surface area contributed by atoms with Crippen molar-refractivity contribution >= 4 is 16.6 Å². The Morgan fingerprint density at radius 2 is 1.77 bits per heavy atom. The van der Waals surface area contributed by atoms with E-state index in [1.54, 1.807) is 23.9 Å². The van der Waals surface area contributed by atoms with Crippen molar-refractivity contribution in [2.75, 3.05) is 38.2 Å². The van der Waals surface area contributed by atoms with Gasteiger partial charge in [0.15, 0.2) is 5.82 Å². The molecule has 1 aliphatic heterocycles. The zero-order valence-corrected chi connectivity index (χ0v) is 22.4. The molecule has 3 aromatic carbocycles. The van der Waals surface area contributed by atoms with Crippen molar-refractivity contribution in [3.8, 4) is 5.75 Å².